The molecule has 1 aliphatic rings. The molecule has 100 valence electrons. The highest BCUT2D eigenvalue weighted by molar-refractivity contribution is 5.00. The molecule has 0 aromatic carbocycles. The Labute approximate surface area is 107 Å². The van der Waals surface area contributed by atoms with E-state index in [1.165, 1.54) is 50.5 Å². The normalized spacial score (nSPS) is 19.5. The Kier molecular flexibility index (Phi) is 6.26. The van der Waals surface area contributed by atoms with Gasteiger partial charge in [0.1, 0.15) is 0 Å². The van der Waals surface area contributed by atoms with Gasteiger partial charge in [0.2, 0.25) is 0 Å². The first-order valence-corrected chi connectivity index (χ1v) is 7.39. The van der Waals surface area contributed by atoms with Crippen molar-refractivity contribution >= 4 is 0 Å². The fourth-order valence-corrected chi connectivity index (χ4v) is 2.71. The molecule has 0 bridgehead atoms. The van der Waals surface area contributed by atoms with Crippen molar-refractivity contribution in [3.63, 3.8) is 0 Å². The fourth-order valence-electron chi connectivity index (χ4n) is 2.71. The molecule has 1 saturated carbocycles. The summed E-state index contributed by atoms with van der Waals surface area (Å²) in [5, 5.41) is 9.93. The zero-order valence-corrected chi connectivity index (χ0v) is 12.0. The van der Waals surface area contributed by atoms with Gasteiger partial charge >= 0.3 is 0 Å². The van der Waals surface area contributed by atoms with Crippen molar-refractivity contribution in [2.75, 3.05) is 0 Å². The Morgan fingerprint density at radius 1 is 1.29 bits per heavy atom. The van der Waals surface area contributed by atoms with E-state index in [2.05, 4.69) is 26.8 Å². The van der Waals surface area contributed by atoms with Gasteiger partial charge in [-0.15, -0.1) is 0 Å². The number of aliphatic hydroxyl groups excluding tert-OH is 1. The molecule has 1 aliphatic carbocycles. The largest absolute Gasteiger partial charge is 0.393 e. The molecule has 0 radical (unpaired) electrons. The van der Waals surface area contributed by atoms with Crippen LogP contribution in [-0.4, -0.2) is 11.2 Å². The molecule has 0 heterocycles. The maximum absolute atomic E-state index is 9.93. The molecule has 0 spiro atoms. The summed E-state index contributed by atoms with van der Waals surface area (Å²) in [7, 11) is 0. The van der Waals surface area contributed by atoms with Gasteiger partial charge in [-0.25, -0.2) is 0 Å². The summed E-state index contributed by atoms with van der Waals surface area (Å²) in [5.41, 5.74) is 1.98. The van der Waals surface area contributed by atoms with E-state index >= 15 is 0 Å². The molecule has 1 nitrogen and oxygen atoms in total. The van der Waals surface area contributed by atoms with Crippen molar-refractivity contribution in [2.45, 2.75) is 84.7 Å². The van der Waals surface area contributed by atoms with Crippen LogP contribution in [0.3, 0.4) is 0 Å². The predicted octanol–water partition coefficient (Wildman–Crippen LogP) is 4.84. The molecule has 1 unspecified atom stereocenters. The number of hydrogen-bond donors (Lipinski definition) is 1. The van der Waals surface area contributed by atoms with Gasteiger partial charge in [0, 0.05) is 0 Å². The Bertz CT molecular complexity index is 234. The standard InChI is InChI=1S/C16H30O/c1-4-5-7-15(17)9-13-16(10-6-11-16)12-8-14(2)3/h8,15,17H,4-7,9-13H2,1-3H3. The quantitative estimate of drug-likeness (QED) is 0.600. The molecule has 1 N–H and O–H groups in total. The molecule has 0 aromatic rings. The minimum atomic E-state index is -0.0564. The number of rotatable bonds is 8. The van der Waals surface area contributed by atoms with Crippen LogP contribution in [0, 0.1) is 5.41 Å². The number of allylic oxidation sites excluding steroid dienone is 2. The summed E-state index contributed by atoms with van der Waals surface area (Å²) >= 11 is 0. The maximum atomic E-state index is 9.93. The lowest BCUT2D eigenvalue weighted by Crippen LogP contribution is -2.30. The van der Waals surface area contributed by atoms with Gasteiger partial charge in [0.05, 0.1) is 6.10 Å². The van der Waals surface area contributed by atoms with Crippen LogP contribution in [0.25, 0.3) is 0 Å². The van der Waals surface area contributed by atoms with Gasteiger partial charge in [-0.1, -0.05) is 37.8 Å². The second-order valence-electron chi connectivity index (χ2n) is 6.17. The van der Waals surface area contributed by atoms with Crippen molar-refractivity contribution < 1.29 is 5.11 Å². The molecule has 1 heteroatoms. The Hall–Kier alpha value is -0.300. The highest BCUT2D eigenvalue weighted by Crippen LogP contribution is 2.48. The molecule has 0 aromatic heterocycles. The monoisotopic (exact) mass is 238 g/mol. The van der Waals surface area contributed by atoms with Crippen LogP contribution < -0.4 is 0 Å². The average molecular weight is 238 g/mol. The topological polar surface area (TPSA) is 20.2 Å². The van der Waals surface area contributed by atoms with Crippen LogP contribution in [0.15, 0.2) is 11.6 Å². The summed E-state index contributed by atoms with van der Waals surface area (Å²) in [6, 6.07) is 0. The summed E-state index contributed by atoms with van der Waals surface area (Å²) in [6.07, 6.45) is 13.3. The van der Waals surface area contributed by atoms with Crippen molar-refractivity contribution in [3.8, 4) is 0 Å². The van der Waals surface area contributed by atoms with Crippen LogP contribution in [0.1, 0.15) is 78.6 Å². The van der Waals surface area contributed by atoms with E-state index in [4.69, 9.17) is 0 Å². The molecule has 0 amide bonds. The third-order valence-corrected chi connectivity index (χ3v) is 4.26. The summed E-state index contributed by atoms with van der Waals surface area (Å²) in [6.45, 7) is 6.56. The molecule has 1 atom stereocenters. The molecule has 0 saturated heterocycles. The molecule has 1 fully saturated rings. The van der Waals surface area contributed by atoms with Crippen molar-refractivity contribution in [1.82, 2.24) is 0 Å². The summed E-state index contributed by atoms with van der Waals surface area (Å²) in [5.74, 6) is 0. The van der Waals surface area contributed by atoms with Gasteiger partial charge in [-0.2, -0.15) is 0 Å². The number of hydrogen-bond acceptors (Lipinski definition) is 1. The van der Waals surface area contributed by atoms with E-state index in [1.807, 2.05) is 0 Å². The van der Waals surface area contributed by atoms with E-state index in [0.717, 1.165) is 12.8 Å². The number of aliphatic hydroxyl groups is 1. The first kappa shape index (κ1) is 14.8. The second-order valence-corrected chi connectivity index (χ2v) is 6.17. The highest BCUT2D eigenvalue weighted by atomic mass is 16.3. The average Bonchev–Trinajstić information content (AvgIpc) is 2.24. The molecule has 1 rings (SSSR count). The van der Waals surface area contributed by atoms with Crippen LogP contribution >= 0.6 is 0 Å². The summed E-state index contributed by atoms with van der Waals surface area (Å²) in [4.78, 5) is 0. The van der Waals surface area contributed by atoms with E-state index in [0.29, 0.717) is 5.41 Å². The molecular formula is C16H30O. The SMILES string of the molecule is CCCCC(O)CCC1(CC=C(C)C)CCC1. The van der Waals surface area contributed by atoms with Crippen molar-refractivity contribution in [3.05, 3.63) is 11.6 Å². The van der Waals surface area contributed by atoms with E-state index in [-0.39, 0.29) is 6.10 Å². The fraction of sp³-hybridized carbons (Fsp3) is 0.875. The summed E-state index contributed by atoms with van der Waals surface area (Å²) < 4.78 is 0. The lowest BCUT2D eigenvalue weighted by Gasteiger charge is -2.42. The van der Waals surface area contributed by atoms with E-state index < -0.39 is 0 Å². The zero-order valence-electron chi connectivity index (χ0n) is 12.0. The predicted molar refractivity (Wildman–Crippen MR) is 75.1 cm³/mol. The van der Waals surface area contributed by atoms with Gasteiger partial charge in [-0.05, 0) is 57.8 Å². The molecule has 17 heavy (non-hydrogen) atoms. The smallest absolute Gasteiger partial charge is 0.0540 e. The molecular weight excluding hydrogens is 208 g/mol. The first-order chi connectivity index (χ1) is 8.08. The van der Waals surface area contributed by atoms with Crippen LogP contribution in [-0.2, 0) is 0 Å². The second kappa shape index (κ2) is 7.20. The lowest BCUT2D eigenvalue weighted by atomic mass is 9.63. The van der Waals surface area contributed by atoms with Crippen LogP contribution in [0.2, 0.25) is 0 Å². The first-order valence-electron chi connectivity index (χ1n) is 7.39. The van der Waals surface area contributed by atoms with Gasteiger partial charge in [0.15, 0.2) is 0 Å². The third-order valence-electron chi connectivity index (χ3n) is 4.26. The Morgan fingerprint density at radius 3 is 2.47 bits per heavy atom. The minimum Gasteiger partial charge on any atom is -0.393 e. The van der Waals surface area contributed by atoms with Crippen LogP contribution in [0.5, 0.6) is 0 Å². The third kappa shape index (κ3) is 5.25. The van der Waals surface area contributed by atoms with E-state index in [1.54, 1.807) is 0 Å². The van der Waals surface area contributed by atoms with Gasteiger partial charge in [-0.3, -0.25) is 0 Å². The zero-order chi connectivity index (χ0) is 12.7. The van der Waals surface area contributed by atoms with Crippen LogP contribution in [0.4, 0.5) is 0 Å². The van der Waals surface area contributed by atoms with Crippen molar-refractivity contribution in [2.24, 2.45) is 5.41 Å². The maximum Gasteiger partial charge on any atom is 0.0540 e. The van der Waals surface area contributed by atoms with Gasteiger partial charge in [0.25, 0.3) is 0 Å². The van der Waals surface area contributed by atoms with E-state index in [9.17, 15) is 5.11 Å². The highest BCUT2D eigenvalue weighted by Gasteiger charge is 2.35. The lowest BCUT2D eigenvalue weighted by molar-refractivity contribution is 0.0773. The van der Waals surface area contributed by atoms with Gasteiger partial charge < -0.3 is 5.11 Å². The number of unbranched alkanes of at least 4 members (excludes halogenated alkanes) is 1. The van der Waals surface area contributed by atoms with Crippen molar-refractivity contribution in [1.29, 1.82) is 0 Å². The minimum absolute atomic E-state index is 0.0564. The molecule has 0 aliphatic heterocycles. The Morgan fingerprint density at radius 2 is 2.00 bits per heavy atom. The Balaban J connectivity index is 2.29.